The highest BCUT2D eigenvalue weighted by Crippen LogP contribution is 2.38. The molecule has 0 aliphatic heterocycles. The van der Waals surface area contributed by atoms with Gasteiger partial charge in [0.2, 0.25) is 0 Å². The van der Waals surface area contributed by atoms with Crippen LogP contribution in [0.3, 0.4) is 0 Å². The Morgan fingerprint density at radius 1 is 1.00 bits per heavy atom. The SMILES string of the molecule is CCCC(CCC)C(Cl)c1ccc(OC)c(OC)c1. The lowest BCUT2D eigenvalue weighted by atomic mass is 9.90. The molecule has 0 saturated carbocycles. The van der Waals surface area contributed by atoms with Crippen molar-refractivity contribution in [2.75, 3.05) is 14.2 Å². The van der Waals surface area contributed by atoms with Crippen molar-refractivity contribution in [2.45, 2.75) is 44.9 Å². The van der Waals surface area contributed by atoms with Crippen LogP contribution in [-0.4, -0.2) is 14.2 Å². The zero-order valence-electron chi connectivity index (χ0n) is 12.4. The van der Waals surface area contributed by atoms with Gasteiger partial charge >= 0.3 is 0 Å². The number of alkyl halides is 1. The summed E-state index contributed by atoms with van der Waals surface area (Å²) < 4.78 is 10.6. The smallest absolute Gasteiger partial charge is 0.161 e. The first-order chi connectivity index (χ1) is 9.17. The van der Waals surface area contributed by atoms with E-state index in [1.807, 2.05) is 18.2 Å². The number of hydrogen-bond acceptors (Lipinski definition) is 2. The first kappa shape index (κ1) is 16.2. The number of ether oxygens (including phenoxy) is 2. The number of methoxy groups -OCH3 is 2. The summed E-state index contributed by atoms with van der Waals surface area (Å²) in [7, 11) is 3.30. The first-order valence-corrected chi connectivity index (χ1v) is 7.47. The normalized spacial score (nSPS) is 12.5. The highest BCUT2D eigenvalue weighted by atomic mass is 35.5. The lowest BCUT2D eigenvalue weighted by Gasteiger charge is -2.22. The van der Waals surface area contributed by atoms with E-state index >= 15 is 0 Å². The summed E-state index contributed by atoms with van der Waals surface area (Å²) in [4.78, 5) is 0. The Balaban J connectivity index is 2.93. The second kappa shape index (κ2) is 8.31. The Bertz CT molecular complexity index is 373. The monoisotopic (exact) mass is 284 g/mol. The molecule has 0 saturated heterocycles. The molecule has 0 amide bonds. The molecule has 2 nitrogen and oxygen atoms in total. The molecule has 1 unspecified atom stereocenters. The molecule has 0 aliphatic carbocycles. The topological polar surface area (TPSA) is 18.5 Å². The highest BCUT2D eigenvalue weighted by molar-refractivity contribution is 6.21. The summed E-state index contributed by atoms with van der Waals surface area (Å²) in [5.41, 5.74) is 1.12. The zero-order valence-corrected chi connectivity index (χ0v) is 13.2. The Kier molecular flexibility index (Phi) is 7.07. The van der Waals surface area contributed by atoms with E-state index in [2.05, 4.69) is 13.8 Å². The van der Waals surface area contributed by atoms with Crippen LogP contribution in [0.25, 0.3) is 0 Å². The van der Waals surface area contributed by atoms with Gasteiger partial charge in [0.15, 0.2) is 11.5 Å². The average Bonchev–Trinajstić information content (AvgIpc) is 2.45. The van der Waals surface area contributed by atoms with Crippen molar-refractivity contribution in [3.8, 4) is 11.5 Å². The van der Waals surface area contributed by atoms with Gasteiger partial charge in [-0.05, 0) is 36.5 Å². The van der Waals surface area contributed by atoms with Gasteiger partial charge in [0.1, 0.15) is 0 Å². The predicted octanol–water partition coefficient (Wildman–Crippen LogP) is 5.20. The maximum atomic E-state index is 6.66. The summed E-state index contributed by atoms with van der Waals surface area (Å²) in [6.45, 7) is 4.42. The molecule has 0 radical (unpaired) electrons. The minimum absolute atomic E-state index is 0.0414. The number of hydrogen-bond donors (Lipinski definition) is 0. The van der Waals surface area contributed by atoms with Crippen LogP contribution >= 0.6 is 11.6 Å². The van der Waals surface area contributed by atoms with Crippen LogP contribution in [0.5, 0.6) is 11.5 Å². The van der Waals surface area contributed by atoms with Gasteiger partial charge in [0.25, 0.3) is 0 Å². The van der Waals surface area contributed by atoms with Crippen LogP contribution in [0.4, 0.5) is 0 Å². The van der Waals surface area contributed by atoms with Gasteiger partial charge in [-0.2, -0.15) is 0 Å². The molecular formula is C16H25ClO2. The molecule has 0 aliphatic rings. The molecule has 108 valence electrons. The molecule has 0 fully saturated rings. The van der Waals surface area contributed by atoms with E-state index in [1.54, 1.807) is 14.2 Å². The van der Waals surface area contributed by atoms with Gasteiger partial charge in [0, 0.05) is 0 Å². The molecule has 1 aromatic rings. The molecule has 0 bridgehead atoms. The van der Waals surface area contributed by atoms with Crippen LogP contribution in [0.2, 0.25) is 0 Å². The number of rotatable bonds is 8. The summed E-state index contributed by atoms with van der Waals surface area (Å²) in [5, 5.41) is 0.0414. The average molecular weight is 285 g/mol. The third kappa shape index (κ3) is 4.31. The zero-order chi connectivity index (χ0) is 14.3. The van der Waals surface area contributed by atoms with E-state index in [1.165, 1.54) is 12.8 Å². The van der Waals surface area contributed by atoms with Gasteiger partial charge in [-0.15, -0.1) is 11.6 Å². The van der Waals surface area contributed by atoms with Crippen molar-refractivity contribution in [2.24, 2.45) is 5.92 Å². The quantitative estimate of drug-likeness (QED) is 0.611. The van der Waals surface area contributed by atoms with E-state index in [-0.39, 0.29) is 5.38 Å². The summed E-state index contributed by atoms with van der Waals surface area (Å²) in [6.07, 6.45) is 4.66. The minimum Gasteiger partial charge on any atom is -0.493 e. The number of halogens is 1. The Morgan fingerprint density at radius 3 is 2.05 bits per heavy atom. The fourth-order valence-corrected chi connectivity index (χ4v) is 2.86. The lowest BCUT2D eigenvalue weighted by Crippen LogP contribution is -2.08. The van der Waals surface area contributed by atoms with Crippen molar-refractivity contribution < 1.29 is 9.47 Å². The third-order valence-electron chi connectivity index (χ3n) is 3.46. The maximum absolute atomic E-state index is 6.66. The molecule has 3 heteroatoms. The van der Waals surface area contributed by atoms with E-state index < -0.39 is 0 Å². The summed E-state index contributed by atoms with van der Waals surface area (Å²) >= 11 is 6.66. The molecule has 0 N–H and O–H groups in total. The van der Waals surface area contributed by atoms with Crippen molar-refractivity contribution in [3.05, 3.63) is 23.8 Å². The Hall–Kier alpha value is -0.890. The van der Waals surface area contributed by atoms with Crippen LogP contribution < -0.4 is 9.47 Å². The maximum Gasteiger partial charge on any atom is 0.161 e. The molecular weight excluding hydrogens is 260 g/mol. The van der Waals surface area contributed by atoms with Gasteiger partial charge in [0.05, 0.1) is 19.6 Å². The van der Waals surface area contributed by atoms with Gasteiger partial charge in [-0.25, -0.2) is 0 Å². The van der Waals surface area contributed by atoms with Crippen LogP contribution in [0, 0.1) is 5.92 Å². The van der Waals surface area contributed by atoms with Gasteiger partial charge in [-0.1, -0.05) is 32.8 Å². The molecule has 1 rings (SSSR count). The molecule has 1 atom stereocenters. The molecule has 0 heterocycles. The fourth-order valence-electron chi connectivity index (χ4n) is 2.48. The third-order valence-corrected chi connectivity index (χ3v) is 4.07. The second-order valence-corrected chi connectivity index (χ2v) is 5.32. The molecule has 19 heavy (non-hydrogen) atoms. The van der Waals surface area contributed by atoms with Gasteiger partial charge < -0.3 is 9.47 Å². The minimum atomic E-state index is 0.0414. The summed E-state index contributed by atoms with van der Waals surface area (Å²) in [6, 6.07) is 5.96. The van der Waals surface area contributed by atoms with Crippen LogP contribution in [0.1, 0.15) is 50.5 Å². The highest BCUT2D eigenvalue weighted by Gasteiger charge is 2.20. The fraction of sp³-hybridized carbons (Fsp3) is 0.625. The molecule has 0 aromatic heterocycles. The lowest BCUT2D eigenvalue weighted by molar-refractivity contribution is 0.353. The summed E-state index contributed by atoms with van der Waals surface area (Å²) in [5.74, 6) is 2.02. The largest absolute Gasteiger partial charge is 0.493 e. The second-order valence-electron chi connectivity index (χ2n) is 4.85. The molecule has 0 spiro atoms. The Labute approximate surface area is 122 Å². The van der Waals surface area contributed by atoms with Crippen molar-refractivity contribution >= 4 is 11.6 Å². The molecule has 1 aromatic carbocycles. The van der Waals surface area contributed by atoms with Crippen molar-refractivity contribution in [1.82, 2.24) is 0 Å². The van der Waals surface area contributed by atoms with E-state index in [9.17, 15) is 0 Å². The van der Waals surface area contributed by atoms with E-state index in [4.69, 9.17) is 21.1 Å². The first-order valence-electron chi connectivity index (χ1n) is 7.03. The van der Waals surface area contributed by atoms with Crippen molar-refractivity contribution in [1.29, 1.82) is 0 Å². The van der Waals surface area contributed by atoms with Crippen LogP contribution in [-0.2, 0) is 0 Å². The van der Waals surface area contributed by atoms with Crippen molar-refractivity contribution in [3.63, 3.8) is 0 Å². The predicted molar refractivity (Wildman–Crippen MR) is 81.4 cm³/mol. The van der Waals surface area contributed by atoms with E-state index in [0.717, 1.165) is 29.9 Å². The standard InChI is InChI=1S/C16H25ClO2/c1-5-7-12(8-6-2)16(17)13-9-10-14(18-3)15(11-13)19-4/h9-12,16H,5-8H2,1-4H3. The van der Waals surface area contributed by atoms with Gasteiger partial charge in [-0.3, -0.25) is 0 Å². The number of benzene rings is 1. The van der Waals surface area contributed by atoms with Crippen LogP contribution in [0.15, 0.2) is 18.2 Å². The van der Waals surface area contributed by atoms with E-state index in [0.29, 0.717) is 5.92 Å². The Morgan fingerprint density at radius 2 is 1.58 bits per heavy atom.